The minimum atomic E-state index is -3.78. The van der Waals surface area contributed by atoms with Crippen LogP contribution >= 0.6 is 11.8 Å². The second-order valence-electron chi connectivity index (χ2n) is 7.12. The van der Waals surface area contributed by atoms with Gasteiger partial charge in [0.2, 0.25) is 5.91 Å². The van der Waals surface area contributed by atoms with Crippen LogP contribution < -0.4 is 24.2 Å². The number of anilines is 2. The highest BCUT2D eigenvalue weighted by Gasteiger charge is 2.18. The Labute approximate surface area is 203 Å². The lowest BCUT2D eigenvalue weighted by molar-refractivity contribution is -0.115. The van der Waals surface area contributed by atoms with E-state index in [1.165, 1.54) is 31.0 Å². The normalized spacial score (nSPS) is 11.9. The maximum Gasteiger partial charge on any atom is 0.261 e. The number of thioether (sulfide) groups is 1. The van der Waals surface area contributed by atoms with E-state index in [-0.39, 0.29) is 10.8 Å². The van der Waals surface area contributed by atoms with E-state index < -0.39 is 15.3 Å². The number of hydrogen-bond acceptors (Lipinski definition) is 7. The van der Waals surface area contributed by atoms with E-state index in [2.05, 4.69) is 10.0 Å². The minimum absolute atomic E-state index is 0.0778. The summed E-state index contributed by atoms with van der Waals surface area (Å²) in [5.74, 6) is 1.61. The number of benzene rings is 3. The second kappa shape index (κ2) is 11.2. The third-order valence-corrected chi connectivity index (χ3v) is 7.30. The molecule has 3 aromatic rings. The molecular formula is C24H26N2O6S2. The second-order valence-corrected chi connectivity index (χ2v) is 10.2. The molecule has 0 saturated heterocycles. The summed E-state index contributed by atoms with van der Waals surface area (Å²) in [4.78, 5) is 13.6. The zero-order valence-electron chi connectivity index (χ0n) is 19.2. The quantitative estimate of drug-likeness (QED) is 0.390. The average molecular weight is 503 g/mol. The van der Waals surface area contributed by atoms with Crippen molar-refractivity contribution in [3.63, 3.8) is 0 Å². The van der Waals surface area contributed by atoms with Crippen molar-refractivity contribution >= 4 is 39.1 Å². The minimum Gasteiger partial charge on any atom is -0.497 e. The van der Waals surface area contributed by atoms with Crippen molar-refractivity contribution in [3.05, 3.63) is 66.7 Å². The summed E-state index contributed by atoms with van der Waals surface area (Å²) >= 11 is 1.37. The van der Waals surface area contributed by atoms with Crippen LogP contribution in [0.2, 0.25) is 0 Å². The van der Waals surface area contributed by atoms with Gasteiger partial charge in [0.05, 0.1) is 31.5 Å². The number of carbonyl (C=O) groups excluding carboxylic acids is 1. The predicted molar refractivity (Wildman–Crippen MR) is 134 cm³/mol. The number of nitrogens with one attached hydrogen (secondary N) is 2. The van der Waals surface area contributed by atoms with Gasteiger partial charge < -0.3 is 19.5 Å². The van der Waals surface area contributed by atoms with Crippen LogP contribution in [0.1, 0.15) is 6.92 Å². The molecule has 1 atom stereocenters. The Hall–Kier alpha value is -3.37. The predicted octanol–water partition coefficient (Wildman–Crippen LogP) is 4.63. The molecule has 0 aliphatic rings. The summed E-state index contributed by atoms with van der Waals surface area (Å²) in [6.07, 6.45) is 0. The van der Waals surface area contributed by atoms with E-state index in [0.717, 1.165) is 4.90 Å². The summed E-state index contributed by atoms with van der Waals surface area (Å²) in [5.41, 5.74) is 0.910. The Kier molecular flexibility index (Phi) is 8.30. The Morgan fingerprint density at radius 2 is 1.44 bits per heavy atom. The molecule has 3 aromatic carbocycles. The van der Waals surface area contributed by atoms with Gasteiger partial charge in [-0.25, -0.2) is 8.42 Å². The summed E-state index contributed by atoms with van der Waals surface area (Å²) in [5, 5.41) is 2.40. The van der Waals surface area contributed by atoms with E-state index in [9.17, 15) is 13.2 Å². The number of ether oxygens (including phenoxy) is 3. The van der Waals surface area contributed by atoms with Gasteiger partial charge in [0.15, 0.2) is 11.5 Å². The van der Waals surface area contributed by atoms with E-state index in [4.69, 9.17) is 14.2 Å². The summed E-state index contributed by atoms with van der Waals surface area (Å²) in [7, 11) is 0.876. The first-order valence-corrected chi connectivity index (χ1v) is 12.6. The van der Waals surface area contributed by atoms with E-state index in [0.29, 0.717) is 28.6 Å². The van der Waals surface area contributed by atoms with Gasteiger partial charge in [-0.3, -0.25) is 9.52 Å². The standard InChI is InChI=1S/C24H26N2O6S2/c1-16(33-20-11-14-22(31-3)23(15-20)32-4)24(27)25-17-7-12-21(13-8-17)34(28,29)26-18-5-9-19(30-2)10-6-18/h5-16,26H,1-4H3,(H,25,27)/t16-/m1/s1. The fourth-order valence-corrected chi connectivity index (χ4v) is 4.94. The third kappa shape index (κ3) is 6.36. The molecule has 0 unspecified atom stereocenters. The molecule has 8 nitrogen and oxygen atoms in total. The van der Waals surface area contributed by atoms with Crippen LogP contribution in [0.3, 0.4) is 0 Å². The lowest BCUT2D eigenvalue weighted by Gasteiger charge is -2.14. The van der Waals surface area contributed by atoms with Gasteiger partial charge in [-0.1, -0.05) is 0 Å². The molecular weight excluding hydrogens is 476 g/mol. The van der Waals surface area contributed by atoms with Crippen molar-refractivity contribution in [1.29, 1.82) is 0 Å². The molecule has 0 aliphatic heterocycles. The molecule has 1 amide bonds. The molecule has 34 heavy (non-hydrogen) atoms. The highest BCUT2D eigenvalue weighted by Crippen LogP contribution is 2.33. The summed E-state index contributed by atoms with van der Waals surface area (Å²) < 4.78 is 43.4. The van der Waals surface area contributed by atoms with Gasteiger partial charge in [-0.05, 0) is 73.7 Å². The first-order valence-electron chi connectivity index (χ1n) is 10.2. The highest BCUT2D eigenvalue weighted by molar-refractivity contribution is 8.00. The molecule has 0 aliphatic carbocycles. The molecule has 0 saturated carbocycles. The maximum absolute atomic E-state index is 12.6. The Balaban J connectivity index is 1.62. The van der Waals surface area contributed by atoms with E-state index in [1.54, 1.807) is 63.6 Å². The van der Waals surface area contributed by atoms with Crippen LogP contribution in [-0.2, 0) is 14.8 Å². The molecule has 2 N–H and O–H groups in total. The lowest BCUT2D eigenvalue weighted by Crippen LogP contribution is -2.22. The Bertz CT molecular complexity index is 1230. The number of amides is 1. The number of sulfonamides is 1. The van der Waals surface area contributed by atoms with Crippen LogP contribution in [0.5, 0.6) is 17.2 Å². The Morgan fingerprint density at radius 3 is 2.03 bits per heavy atom. The SMILES string of the molecule is COc1ccc(NS(=O)(=O)c2ccc(NC(=O)[C@@H](C)Sc3ccc(OC)c(OC)c3)cc2)cc1. The zero-order chi connectivity index (χ0) is 24.7. The first kappa shape index (κ1) is 25.3. The number of carbonyl (C=O) groups is 1. The van der Waals surface area contributed by atoms with Gasteiger partial charge in [-0.2, -0.15) is 0 Å². The smallest absolute Gasteiger partial charge is 0.261 e. The third-order valence-electron chi connectivity index (χ3n) is 4.81. The monoisotopic (exact) mass is 502 g/mol. The number of hydrogen-bond donors (Lipinski definition) is 2. The first-order chi connectivity index (χ1) is 16.2. The number of rotatable bonds is 10. The highest BCUT2D eigenvalue weighted by atomic mass is 32.2. The van der Waals surface area contributed by atoms with Gasteiger partial charge >= 0.3 is 0 Å². The molecule has 0 aromatic heterocycles. The molecule has 0 radical (unpaired) electrons. The fraction of sp³-hybridized carbons (Fsp3) is 0.208. The fourth-order valence-electron chi connectivity index (χ4n) is 2.98. The van der Waals surface area contributed by atoms with Gasteiger partial charge in [-0.15, -0.1) is 11.8 Å². The average Bonchev–Trinajstić information content (AvgIpc) is 2.84. The van der Waals surface area contributed by atoms with Crippen molar-refractivity contribution in [2.75, 3.05) is 31.4 Å². The van der Waals surface area contributed by atoms with Crippen LogP contribution in [0.15, 0.2) is 76.5 Å². The van der Waals surface area contributed by atoms with E-state index >= 15 is 0 Å². The maximum atomic E-state index is 12.6. The molecule has 0 heterocycles. The van der Waals surface area contributed by atoms with Crippen molar-refractivity contribution in [2.45, 2.75) is 22.0 Å². The van der Waals surface area contributed by atoms with Crippen molar-refractivity contribution < 1.29 is 27.4 Å². The topological polar surface area (TPSA) is 103 Å². The zero-order valence-corrected chi connectivity index (χ0v) is 20.8. The van der Waals surface area contributed by atoms with Crippen LogP contribution in [0.25, 0.3) is 0 Å². The largest absolute Gasteiger partial charge is 0.497 e. The van der Waals surface area contributed by atoms with Gasteiger partial charge in [0, 0.05) is 16.3 Å². The van der Waals surface area contributed by atoms with E-state index in [1.807, 2.05) is 12.1 Å². The van der Waals surface area contributed by atoms with Crippen LogP contribution in [-0.4, -0.2) is 40.9 Å². The van der Waals surface area contributed by atoms with Crippen molar-refractivity contribution in [3.8, 4) is 17.2 Å². The molecule has 10 heteroatoms. The molecule has 0 fully saturated rings. The molecule has 0 spiro atoms. The van der Waals surface area contributed by atoms with Crippen LogP contribution in [0.4, 0.5) is 11.4 Å². The van der Waals surface area contributed by atoms with Crippen molar-refractivity contribution in [1.82, 2.24) is 0 Å². The molecule has 180 valence electrons. The molecule has 0 bridgehead atoms. The van der Waals surface area contributed by atoms with Crippen LogP contribution in [0, 0.1) is 0 Å². The summed E-state index contributed by atoms with van der Waals surface area (Å²) in [6.45, 7) is 1.79. The number of methoxy groups -OCH3 is 3. The molecule has 3 rings (SSSR count). The lowest BCUT2D eigenvalue weighted by atomic mass is 10.3. The Morgan fingerprint density at radius 1 is 0.824 bits per heavy atom. The van der Waals surface area contributed by atoms with Crippen molar-refractivity contribution in [2.24, 2.45) is 0 Å². The summed E-state index contributed by atoms with van der Waals surface area (Å²) in [6, 6.07) is 18.0. The van der Waals surface area contributed by atoms with Gasteiger partial charge in [0.25, 0.3) is 10.0 Å². The van der Waals surface area contributed by atoms with Gasteiger partial charge in [0.1, 0.15) is 5.75 Å².